The first kappa shape index (κ1) is 20.5. The summed E-state index contributed by atoms with van der Waals surface area (Å²) in [4.78, 5) is 25.2. The molecule has 3 saturated carbocycles. The molecule has 0 aromatic carbocycles. The van der Waals surface area contributed by atoms with Crippen molar-refractivity contribution in [2.45, 2.75) is 72.0 Å². The first-order valence-electron chi connectivity index (χ1n) is 10.2. The van der Waals surface area contributed by atoms with Crippen LogP contribution in [0.2, 0.25) is 0 Å². The Hall–Kier alpha value is -1.20. The third-order valence-electron chi connectivity index (χ3n) is 8.70. The Morgan fingerprint density at radius 1 is 1.33 bits per heavy atom. The number of aliphatic hydroxyl groups excluding tert-OH is 2. The van der Waals surface area contributed by atoms with Crippen molar-refractivity contribution < 1.29 is 24.5 Å². The van der Waals surface area contributed by atoms with E-state index in [1.165, 1.54) is 0 Å². The molecule has 3 rings (SSSR count). The van der Waals surface area contributed by atoms with Gasteiger partial charge >= 0.3 is 5.97 Å². The molecule has 2 bridgehead atoms. The standard InChI is InChI=1S/C22H34O5/c1-6-20(4)11-16(27-17(25)12-23)21(5)13(2)7-9-22(14(3)19(20)26)10-8-15(24)18(21)22/h6,13-14,16,18-19,23,26H,1,7-12H2,2-5H3/t13-,14+,16-,18?,19+,20-,21+,22+/m1/s1. The first-order chi connectivity index (χ1) is 12.6. The van der Waals surface area contributed by atoms with Gasteiger partial charge in [-0.3, -0.25) is 4.79 Å². The van der Waals surface area contributed by atoms with Crippen LogP contribution in [0.15, 0.2) is 12.7 Å². The molecule has 3 aliphatic rings. The number of hydrogen-bond donors (Lipinski definition) is 2. The molecule has 0 radical (unpaired) electrons. The molecule has 0 heterocycles. The van der Waals surface area contributed by atoms with Crippen LogP contribution in [0.25, 0.3) is 0 Å². The van der Waals surface area contributed by atoms with E-state index in [9.17, 15) is 19.8 Å². The van der Waals surface area contributed by atoms with E-state index in [0.717, 1.165) is 19.3 Å². The summed E-state index contributed by atoms with van der Waals surface area (Å²) in [5, 5.41) is 20.6. The summed E-state index contributed by atoms with van der Waals surface area (Å²) in [5.41, 5.74) is -1.43. The molecule has 0 aliphatic heterocycles. The molecule has 3 aliphatic carbocycles. The van der Waals surface area contributed by atoms with Crippen molar-refractivity contribution in [1.82, 2.24) is 0 Å². The van der Waals surface area contributed by atoms with Gasteiger partial charge in [0.25, 0.3) is 0 Å². The van der Waals surface area contributed by atoms with Crippen LogP contribution in [0, 0.1) is 34.0 Å². The minimum Gasteiger partial charge on any atom is -0.460 e. The monoisotopic (exact) mass is 378 g/mol. The predicted octanol–water partition coefficient (Wildman–Crippen LogP) is 2.89. The highest BCUT2D eigenvalue weighted by molar-refractivity contribution is 5.85. The number of aliphatic hydroxyl groups is 2. The van der Waals surface area contributed by atoms with Crippen molar-refractivity contribution in [3.05, 3.63) is 12.7 Å². The highest BCUT2D eigenvalue weighted by Gasteiger charge is 2.68. The molecule has 1 unspecified atom stereocenters. The third-order valence-corrected chi connectivity index (χ3v) is 8.70. The van der Waals surface area contributed by atoms with Crippen LogP contribution in [0.3, 0.4) is 0 Å². The summed E-state index contributed by atoms with van der Waals surface area (Å²) < 4.78 is 5.77. The molecule has 3 fully saturated rings. The first-order valence-corrected chi connectivity index (χ1v) is 10.2. The van der Waals surface area contributed by atoms with E-state index in [-0.39, 0.29) is 29.0 Å². The molecular weight excluding hydrogens is 344 g/mol. The average molecular weight is 379 g/mol. The Morgan fingerprint density at radius 2 is 2.00 bits per heavy atom. The molecule has 8 atom stereocenters. The van der Waals surface area contributed by atoms with Gasteiger partial charge in [-0.05, 0) is 42.9 Å². The Labute approximate surface area is 162 Å². The van der Waals surface area contributed by atoms with Crippen LogP contribution >= 0.6 is 0 Å². The van der Waals surface area contributed by atoms with Crippen molar-refractivity contribution >= 4 is 11.8 Å². The van der Waals surface area contributed by atoms with Crippen LogP contribution in [0.5, 0.6) is 0 Å². The fourth-order valence-corrected chi connectivity index (χ4v) is 6.70. The third kappa shape index (κ3) is 2.72. The summed E-state index contributed by atoms with van der Waals surface area (Å²) in [5.74, 6) is -0.520. The van der Waals surface area contributed by atoms with Gasteiger partial charge in [0.1, 0.15) is 18.5 Å². The molecule has 0 aromatic rings. The number of esters is 1. The van der Waals surface area contributed by atoms with Crippen molar-refractivity contribution in [3.63, 3.8) is 0 Å². The Bertz CT molecular complexity index is 645. The van der Waals surface area contributed by atoms with Gasteiger partial charge in [-0.25, -0.2) is 4.79 Å². The largest absolute Gasteiger partial charge is 0.460 e. The maximum atomic E-state index is 13.1. The zero-order valence-corrected chi connectivity index (χ0v) is 17.0. The lowest BCUT2D eigenvalue weighted by Crippen LogP contribution is -2.63. The maximum Gasteiger partial charge on any atom is 0.332 e. The molecule has 2 N–H and O–H groups in total. The zero-order chi connectivity index (χ0) is 20.2. The number of ether oxygens (including phenoxy) is 1. The van der Waals surface area contributed by atoms with Gasteiger partial charge in [0, 0.05) is 23.2 Å². The van der Waals surface area contributed by atoms with Gasteiger partial charge in [-0.15, -0.1) is 6.58 Å². The lowest BCUT2D eigenvalue weighted by Gasteiger charge is -2.61. The number of carbonyl (C=O) groups excluding carboxylic acids is 2. The lowest BCUT2D eigenvalue weighted by atomic mass is 9.44. The number of hydrogen-bond acceptors (Lipinski definition) is 5. The molecule has 0 aromatic heterocycles. The second-order valence-corrected chi connectivity index (χ2v) is 9.72. The average Bonchev–Trinajstić information content (AvgIpc) is 3.00. The van der Waals surface area contributed by atoms with Crippen LogP contribution in [0.1, 0.15) is 59.8 Å². The SMILES string of the molecule is C=C[C@]1(C)C[C@@H](OC(=O)CO)[C@@]2(C)C3C(=O)CC[C@@]3(CC[C@H]2C)[C@@H](C)[C@@H]1O. The van der Waals surface area contributed by atoms with E-state index in [2.05, 4.69) is 27.4 Å². The van der Waals surface area contributed by atoms with E-state index >= 15 is 0 Å². The number of carbonyl (C=O) groups is 2. The van der Waals surface area contributed by atoms with Crippen LogP contribution in [-0.4, -0.2) is 40.8 Å². The van der Waals surface area contributed by atoms with E-state index in [1.54, 1.807) is 6.08 Å². The molecule has 5 heteroatoms. The molecule has 27 heavy (non-hydrogen) atoms. The number of rotatable bonds is 3. The second kappa shape index (κ2) is 6.70. The van der Waals surface area contributed by atoms with E-state index < -0.39 is 35.6 Å². The fraction of sp³-hybridized carbons (Fsp3) is 0.818. The summed E-state index contributed by atoms with van der Waals surface area (Å²) >= 11 is 0. The second-order valence-electron chi connectivity index (χ2n) is 9.72. The van der Waals surface area contributed by atoms with Gasteiger partial charge in [-0.2, -0.15) is 0 Å². The van der Waals surface area contributed by atoms with Gasteiger partial charge < -0.3 is 14.9 Å². The molecule has 152 valence electrons. The number of ketones is 1. The van der Waals surface area contributed by atoms with Crippen molar-refractivity contribution in [1.29, 1.82) is 0 Å². The molecular formula is C22H34O5. The predicted molar refractivity (Wildman–Crippen MR) is 102 cm³/mol. The maximum absolute atomic E-state index is 13.1. The topological polar surface area (TPSA) is 83.8 Å². The van der Waals surface area contributed by atoms with Crippen LogP contribution in [-0.2, 0) is 14.3 Å². The minimum atomic E-state index is -0.686. The summed E-state index contributed by atoms with van der Waals surface area (Å²) in [6.45, 7) is 11.5. The van der Waals surface area contributed by atoms with Crippen LogP contribution in [0.4, 0.5) is 0 Å². The Balaban J connectivity index is 2.21. The Kier molecular flexibility index (Phi) is 5.09. The molecule has 0 saturated heterocycles. The van der Waals surface area contributed by atoms with Crippen LogP contribution < -0.4 is 0 Å². The summed E-state index contributed by atoms with van der Waals surface area (Å²) in [7, 11) is 0. The lowest BCUT2D eigenvalue weighted by molar-refractivity contribution is -0.207. The smallest absolute Gasteiger partial charge is 0.332 e. The molecule has 5 nitrogen and oxygen atoms in total. The van der Waals surface area contributed by atoms with Gasteiger partial charge in [0.2, 0.25) is 0 Å². The van der Waals surface area contributed by atoms with Crippen molar-refractivity contribution in [2.75, 3.05) is 6.61 Å². The summed E-state index contributed by atoms with van der Waals surface area (Å²) in [6, 6.07) is 0. The van der Waals surface area contributed by atoms with E-state index in [0.29, 0.717) is 12.8 Å². The normalized spacial score (nSPS) is 49.7. The fourth-order valence-electron chi connectivity index (χ4n) is 6.70. The van der Waals surface area contributed by atoms with Gasteiger partial charge in [0.05, 0.1) is 6.10 Å². The van der Waals surface area contributed by atoms with Gasteiger partial charge in [-0.1, -0.05) is 33.8 Å². The summed E-state index contributed by atoms with van der Waals surface area (Å²) in [6.07, 6.45) is 4.10. The minimum absolute atomic E-state index is 0.0433. The van der Waals surface area contributed by atoms with Gasteiger partial charge in [0.15, 0.2) is 0 Å². The van der Waals surface area contributed by atoms with E-state index in [1.807, 2.05) is 6.92 Å². The van der Waals surface area contributed by atoms with Crippen molar-refractivity contribution in [2.24, 2.45) is 34.0 Å². The zero-order valence-electron chi connectivity index (χ0n) is 17.0. The quantitative estimate of drug-likeness (QED) is 0.583. The van der Waals surface area contributed by atoms with Crippen molar-refractivity contribution in [3.8, 4) is 0 Å². The Morgan fingerprint density at radius 3 is 2.59 bits per heavy atom. The van der Waals surface area contributed by atoms with E-state index in [4.69, 9.17) is 4.74 Å². The number of Topliss-reactive ketones (excluding diaryl/α,β-unsaturated/α-hetero) is 1. The molecule has 0 amide bonds. The highest BCUT2D eigenvalue weighted by atomic mass is 16.6. The highest BCUT2D eigenvalue weighted by Crippen LogP contribution is 2.67. The molecule has 0 spiro atoms.